The Labute approximate surface area is 114 Å². The van der Waals surface area contributed by atoms with Gasteiger partial charge in [0.05, 0.1) is 9.80 Å². The van der Waals surface area contributed by atoms with Gasteiger partial charge in [-0.05, 0) is 31.9 Å². The van der Waals surface area contributed by atoms with Crippen LogP contribution in [0.15, 0.2) is 12.1 Å². The maximum Gasteiger partial charge on any atom is 0.324 e. The van der Waals surface area contributed by atoms with Crippen molar-refractivity contribution in [3.8, 4) is 0 Å². The van der Waals surface area contributed by atoms with Gasteiger partial charge in [0.2, 0.25) is 0 Å². The second-order valence-corrected chi connectivity index (χ2v) is 6.05. The fourth-order valence-electron chi connectivity index (χ4n) is 2.98. The molecule has 7 heteroatoms. The van der Waals surface area contributed by atoms with Crippen LogP contribution in [0.4, 0.5) is 5.00 Å². The topological polar surface area (TPSA) is 75.5 Å². The zero-order valence-corrected chi connectivity index (χ0v) is 11.2. The fraction of sp³-hybridized carbons (Fsp3) is 0.583. The molecule has 19 heavy (non-hydrogen) atoms. The minimum atomic E-state index is -0.444. The average Bonchev–Trinajstić information content (AvgIpc) is 2.92. The number of thiophene rings is 1. The molecule has 1 amide bonds. The fourth-order valence-corrected chi connectivity index (χ4v) is 3.75. The third kappa shape index (κ3) is 2.23. The highest BCUT2D eigenvalue weighted by Crippen LogP contribution is 2.32. The maximum absolute atomic E-state index is 12.5. The number of rotatable bonds is 2. The average molecular weight is 281 g/mol. The SMILES string of the molecule is O=C(c1ccc([N+](=O)[O-])s1)N1C2CCNCC1CC2. The summed E-state index contributed by atoms with van der Waals surface area (Å²) in [7, 11) is 0. The Morgan fingerprint density at radius 3 is 2.89 bits per heavy atom. The van der Waals surface area contributed by atoms with Crippen molar-refractivity contribution in [1.82, 2.24) is 10.2 Å². The van der Waals surface area contributed by atoms with Crippen LogP contribution in [0.1, 0.15) is 28.9 Å². The molecular weight excluding hydrogens is 266 g/mol. The molecule has 6 nitrogen and oxygen atoms in total. The zero-order valence-electron chi connectivity index (χ0n) is 10.4. The van der Waals surface area contributed by atoms with Crippen molar-refractivity contribution in [3.05, 3.63) is 27.1 Å². The van der Waals surface area contributed by atoms with E-state index in [1.165, 1.54) is 6.07 Å². The van der Waals surface area contributed by atoms with Crippen LogP contribution in [0.25, 0.3) is 0 Å². The third-order valence-corrected chi connectivity index (χ3v) is 4.90. The van der Waals surface area contributed by atoms with Crippen LogP contribution in [0.5, 0.6) is 0 Å². The normalized spacial score (nSPS) is 26.2. The Kier molecular flexibility index (Phi) is 3.24. The number of carbonyl (C=O) groups is 1. The zero-order chi connectivity index (χ0) is 13.4. The molecule has 1 aromatic rings. The number of fused-ring (bicyclic) bond motifs is 2. The summed E-state index contributed by atoms with van der Waals surface area (Å²) in [4.78, 5) is 25.2. The quantitative estimate of drug-likeness (QED) is 0.660. The van der Waals surface area contributed by atoms with Gasteiger partial charge in [-0.3, -0.25) is 14.9 Å². The Morgan fingerprint density at radius 2 is 2.16 bits per heavy atom. The van der Waals surface area contributed by atoms with E-state index in [0.29, 0.717) is 4.88 Å². The van der Waals surface area contributed by atoms with E-state index in [9.17, 15) is 14.9 Å². The maximum atomic E-state index is 12.5. The second-order valence-electron chi connectivity index (χ2n) is 4.99. The molecule has 0 spiro atoms. The molecule has 2 atom stereocenters. The lowest BCUT2D eigenvalue weighted by Crippen LogP contribution is -2.42. The number of hydrogen-bond donors (Lipinski definition) is 1. The summed E-state index contributed by atoms with van der Waals surface area (Å²) in [6.07, 6.45) is 3.04. The van der Waals surface area contributed by atoms with Gasteiger partial charge in [-0.25, -0.2) is 0 Å². The van der Waals surface area contributed by atoms with Gasteiger partial charge in [0.25, 0.3) is 5.91 Å². The van der Waals surface area contributed by atoms with Crippen molar-refractivity contribution >= 4 is 22.2 Å². The van der Waals surface area contributed by atoms with E-state index < -0.39 is 4.92 Å². The van der Waals surface area contributed by atoms with Crippen molar-refractivity contribution in [2.75, 3.05) is 13.1 Å². The first-order valence-electron chi connectivity index (χ1n) is 6.44. The molecule has 0 saturated carbocycles. The summed E-state index contributed by atoms with van der Waals surface area (Å²) in [5.41, 5.74) is 0. The molecule has 2 saturated heterocycles. The van der Waals surface area contributed by atoms with Gasteiger partial charge in [0.1, 0.15) is 0 Å². The first-order valence-corrected chi connectivity index (χ1v) is 7.26. The first kappa shape index (κ1) is 12.6. The molecule has 1 aromatic heterocycles. The van der Waals surface area contributed by atoms with E-state index in [0.717, 1.165) is 43.7 Å². The Bertz CT molecular complexity index is 502. The highest BCUT2D eigenvalue weighted by Gasteiger charge is 2.39. The van der Waals surface area contributed by atoms with Crippen molar-refractivity contribution in [3.63, 3.8) is 0 Å². The van der Waals surface area contributed by atoms with Crippen LogP contribution >= 0.6 is 11.3 Å². The van der Waals surface area contributed by atoms with Crippen LogP contribution in [-0.2, 0) is 0 Å². The van der Waals surface area contributed by atoms with E-state index in [4.69, 9.17) is 0 Å². The van der Waals surface area contributed by atoms with E-state index in [1.54, 1.807) is 6.07 Å². The van der Waals surface area contributed by atoms with E-state index in [2.05, 4.69) is 5.32 Å². The van der Waals surface area contributed by atoms with E-state index >= 15 is 0 Å². The summed E-state index contributed by atoms with van der Waals surface area (Å²) < 4.78 is 0. The lowest BCUT2D eigenvalue weighted by molar-refractivity contribution is -0.380. The lowest BCUT2D eigenvalue weighted by atomic mass is 10.1. The standard InChI is InChI=1S/C12H15N3O3S/c16-12(10-3-4-11(19-10)15(17)18)14-8-1-2-9(14)7-13-6-5-8/h3-4,8-9,13H,1-2,5-7H2. The summed E-state index contributed by atoms with van der Waals surface area (Å²) in [6.45, 7) is 1.77. The van der Waals surface area contributed by atoms with Gasteiger partial charge in [-0.1, -0.05) is 11.3 Å². The smallest absolute Gasteiger partial charge is 0.324 e. The van der Waals surface area contributed by atoms with Crippen LogP contribution in [0.2, 0.25) is 0 Å². The van der Waals surface area contributed by atoms with Crippen LogP contribution in [0.3, 0.4) is 0 Å². The predicted octanol–water partition coefficient (Wildman–Crippen LogP) is 1.62. The minimum Gasteiger partial charge on any atom is -0.331 e. The van der Waals surface area contributed by atoms with Crippen molar-refractivity contribution in [2.45, 2.75) is 31.3 Å². The van der Waals surface area contributed by atoms with Gasteiger partial charge < -0.3 is 10.2 Å². The lowest BCUT2D eigenvalue weighted by Gasteiger charge is -2.27. The molecule has 3 heterocycles. The summed E-state index contributed by atoms with van der Waals surface area (Å²) in [5.74, 6) is -0.0469. The summed E-state index contributed by atoms with van der Waals surface area (Å²) >= 11 is 0.971. The molecule has 2 bridgehead atoms. The van der Waals surface area contributed by atoms with Crippen molar-refractivity contribution in [2.24, 2.45) is 0 Å². The highest BCUT2D eigenvalue weighted by atomic mass is 32.1. The Morgan fingerprint density at radius 1 is 1.37 bits per heavy atom. The van der Waals surface area contributed by atoms with E-state index in [1.807, 2.05) is 4.90 Å². The van der Waals surface area contributed by atoms with Gasteiger partial charge in [-0.15, -0.1) is 0 Å². The van der Waals surface area contributed by atoms with Crippen LogP contribution in [-0.4, -0.2) is 40.9 Å². The number of nitro groups is 1. The molecule has 102 valence electrons. The largest absolute Gasteiger partial charge is 0.331 e. The van der Waals surface area contributed by atoms with Gasteiger partial charge >= 0.3 is 5.00 Å². The van der Waals surface area contributed by atoms with Gasteiger partial charge in [0.15, 0.2) is 0 Å². The Balaban J connectivity index is 1.84. The highest BCUT2D eigenvalue weighted by molar-refractivity contribution is 7.17. The van der Waals surface area contributed by atoms with Crippen LogP contribution < -0.4 is 5.32 Å². The molecule has 1 N–H and O–H groups in total. The molecule has 2 aliphatic rings. The Hall–Kier alpha value is -1.47. The summed E-state index contributed by atoms with van der Waals surface area (Å²) in [5, 5.41) is 14.1. The second kappa shape index (κ2) is 4.90. The number of carbonyl (C=O) groups excluding carboxylic acids is 1. The number of nitrogens with zero attached hydrogens (tertiary/aromatic N) is 2. The molecule has 2 unspecified atom stereocenters. The minimum absolute atomic E-state index is 0.0312. The number of hydrogen-bond acceptors (Lipinski definition) is 5. The number of nitrogens with one attached hydrogen (secondary N) is 1. The first-order chi connectivity index (χ1) is 9.16. The molecule has 3 rings (SSSR count). The molecule has 0 radical (unpaired) electrons. The van der Waals surface area contributed by atoms with E-state index in [-0.39, 0.29) is 23.0 Å². The van der Waals surface area contributed by atoms with Gasteiger partial charge in [0, 0.05) is 24.7 Å². The third-order valence-electron chi connectivity index (χ3n) is 3.87. The monoisotopic (exact) mass is 281 g/mol. The molecule has 2 aliphatic heterocycles. The summed E-state index contributed by atoms with van der Waals surface area (Å²) in [6, 6.07) is 3.51. The predicted molar refractivity (Wildman–Crippen MR) is 71.4 cm³/mol. The molecular formula is C12H15N3O3S. The van der Waals surface area contributed by atoms with Crippen molar-refractivity contribution in [1.29, 1.82) is 0 Å². The van der Waals surface area contributed by atoms with Crippen LogP contribution in [0, 0.1) is 10.1 Å². The van der Waals surface area contributed by atoms with Crippen molar-refractivity contribution < 1.29 is 9.72 Å². The molecule has 2 fully saturated rings. The van der Waals surface area contributed by atoms with Gasteiger partial charge in [-0.2, -0.15) is 0 Å². The molecule has 0 aromatic carbocycles. The number of amides is 1. The molecule has 0 aliphatic carbocycles.